The highest BCUT2D eigenvalue weighted by Gasteiger charge is 2.15. The van der Waals surface area contributed by atoms with Gasteiger partial charge in [-0.15, -0.1) is 0 Å². The Bertz CT molecular complexity index is 979. The summed E-state index contributed by atoms with van der Waals surface area (Å²) in [6.45, 7) is 0. The maximum atomic E-state index is 12.4. The van der Waals surface area contributed by atoms with Gasteiger partial charge in [0, 0.05) is 16.6 Å². The molecule has 0 aliphatic heterocycles. The standard InChI is InChI=1S/C19H14Cl2N2O2S/c1-25-17-14(20)9-12(10-15(17)21)18(24)23-19(26)22-16-8-4-6-11-5-2-3-7-13(11)16/h2-10H,1H3,(H2,22,23,24,26). The van der Waals surface area contributed by atoms with Gasteiger partial charge in [0.2, 0.25) is 0 Å². The van der Waals surface area contributed by atoms with E-state index in [9.17, 15) is 4.79 Å². The molecule has 0 aliphatic carbocycles. The summed E-state index contributed by atoms with van der Waals surface area (Å²) in [5.74, 6) is -0.101. The van der Waals surface area contributed by atoms with E-state index in [0.29, 0.717) is 5.75 Å². The fourth-order valence-corrected chi connectivity index (χ4v) is 3.39. The first-order valence-corrected chi connectivity index (χ1v) is 8.79. The molecule has 1 amide bonds. The van der Waals surface area contributed by atoms with Gasteiger partial charge in [-0.3, -0.25) is 10.1 Å². The normalized spacial score (nSPS) is 10.4. The van der Waals surface area contributed by atoms with Crippen LogP contribution >= 0.6 is 35.4 Å². The fraction of sp³-hybridized carbons (Fsp3) is 0.0526. The minimum absolute atomic E-state index is 0.175. The van der Waals surface area contributed by atoms with Gasteiger partial charge in [-0.05, 0) is 35.8 Å². The Hall–Kier alpha value is -2.34. The third-order valence-corrected chi connectivity index (χ3v) is 4.50. The van der Waals surface area contributed by atoms with Gasteiger partial charge < -0.3 is 10.1 Å². The molecule has 0 saturated heterocycles. The van der Waals surface area contributed by atoms with Crippen molar-refractivity contribution in [2.45, 2.75) is 0 Å². The minimum Gasteiger partial charge on any atom is -0.494 e. The summed E-state index contributed by atoms with van der Waals surface area (Å²) in [5, 5.41) is 8.41. The summed E-state index contributed by atoms with van der Waals surface area (Å²) in [5.41, 5.74) is 1.09. The number of amides is 1. The van der Waals surface area contributed by atoms with Crippen molar-refractivity contribution in [1.82, 2.24) is 5.32 Å². The van der Waals surface area contributed by atoms with E-state index in [1.54, 1.807) is 0 Å². The zero-order chi connectivity index (χ0) is 18.7. The molecule has 3 rings (SSSR count). The maximum Gasteiger partial charge on any atom is 0.257 e. The highest BCUT2D eigenvalue weighted by atomic mass is 35.5. The zero-order valence-electron chi connectivity index (χ0n) is 13.7. The third kappa shape index (κ3) is 3.90. The second-order valence-electron chi connectivity index (χ2n) is 5.41. The molecule has 0 bridgehead atoms. The van der Waals surface area contributed by atoms with Crippen molar-refractivity contribution >= 4 is 62.9 Å². The average Bonchev–Trinajstić information content (AvgIpc) is 2.61. The maximum absolute atomic E-state index is 12.4. The number of thiocarbonyl (C=S) groups is 1. The summed E-state index contributed by atoms with van der Waals surface area (Å²) in [6, 6.07) is 16.6. The number of ether oxygens (including phenoxy) is 1. The quantitative estimate of drug-likeness (QED) is 0.582. The predicted molar refractivity (Wildman–Crippen MR) is 111 cm³/mol. The van der Waals surface area contributed by atoms with E-state index < -0.39 is 5.91 Å². The molecule has 0 atom stereocenters. The molecule has 0 spiro atoms. The topological polar surface area (TPSA) is 50.4 Å². The van der Waals surface area contributed by atoms with Crippen LogP contribution in [0.2, 0.25) is 10.0 Å². The van der Waals surface area contributed by atoms with E-state index in [4.69, 9.17) is 40.2 Å². The molecule has 132 valence electrons. The first-order chi connectivity index (χ1) is 12.5. The van der Waals surface area contributed by atoms with Crippen LogP contribution in [0.1, 0.15) is 10.4 Å². The Morgan fingerprint density at radius 2 is 1.69 bits per heavy atom. The lowest BCUT2D eigenvalue weighted by molar-refractivity contribution is 0.0977. The summed E-state index contributed by atoms with van der Waals surface area (Å²) >= 11 is 17.4. The number of benzene rings is 3. The molecule has 7 heteroatoms. The van der Waals surface area contributed by atoms with Crippen LogP contribution in [0.3, 0.4) is 0 Å². The molecule has 0 aliphatic rings. The second kappa shape index (κ2) is 7.91. The molecule has 0 heterocycles. The van der Waals surface area contributed by atoms with Crippen LogP contribution in [0.5, 0.6) is 5.75 Å². The first kappa shape index (κ1) is 18.5. The summed E-state index contributed by atoms with van der Waals surface area (Å²) < 4.78 is 5.08. The molecule has 0 radical (unpaired) electrons. The van der Waals surface area contributed by atoms with Crippen molar-refractivity contribution in [3.8, 4) is 5.75 Å². The largest absolute Gasteiger partial charge is 0.494 e. The van der Waals surface area contributed by atoms with Crippen LogP contribution in [0, 0.1) is 0 Å². The number of hydrogen-bond acceptors (Lipinski definition) is 3. The lowest BCUT2D eigenvalue weighted by Gasteiger charge is -2.13. The molecule has 0 aromatic heterocycles. The third-order valence-electron chi connectivity index (χ3n) is 3.73. The number of rotatable bonds is 3. The highest BCUT2D eigenvalue weighted by Crippen LogP contribution is 2.33. The number of carbonyl (C=O) groups excluding carboxylic acids is 1. The Labute approximate surface area is 166 Å². The van der Waals surface area contributed by atoms with Gasteiger partial charge in [0.05, 0.1) is 17.2 Å². The molecular formula is C19H14Cl2N2O2S. The number of hydrogen-bond donors (Lipinski definition) is 2. The molecule has 2 N–H and O–H groups in total. The molecular weight excluding hydrogens is 391 g/mol. The number of fused-ring (bicyclic) bond motifs is 1. The molecule has 0 saturated carbocycles. The molecule has 3 aromatic carbocycles. The Morgan fingerprint density at radius 3 is 2.38 bits per heavy atom. The SMILES string of the molecule is COc1c(Cl)cc(C(=O)NC(=S)Nc2cccc3ccccc23)cc1Cl. The number of carbonyl (C=O) groups is 1. The van der Waals surface area contributed by atoms with E-state index in [2.05, 4.69) is 10.6 Å². The molecule has 26 heavy (non-hydrogen) atoms. The van der Waals surface area contributed by atoms with E-state index >= 15 is 0 Å². The Morgan fingerprint density at radius 1 is 1.04 bits per heavy atom. The zero-order valence-corrected chi connectivity index (χ0v) is 16.0. The van der Waals surface area contributed by atoms with E-state index in [1.807, 2.05) is 42.5 Å². The van der Waals surface area contributed by atoms with Gasteiger partial charge in [-0.1, -0.05) is 59.6 Å². The van der Waals surface area contributed by atoms with Crippen molar-refractivity contribution in [3.05, 3.63) is 70.2 Å². The molecule has 0 unspecified atom stereocenters. The van der Waals surface area contributed by atoms with Crippen molar-refractivity contribution in [1.29, 1.82) is 0 Å². The van der Waals surface area contributed by atoms with Crippen molar-refractivity contribution in [3.63, 3.8) is 0 Å². The van der Waals surface area contributed by atoms with Crippen LogP contribution in [0.4, 0.5) is 5.69 Å². The summed E-state index contributed by atoms with van der Waals surface area (Å²) in [7, 11) is 1.45. The van der Waals surface area contributed by atoms with Gasteiger partial charge >= 0.3 is 0 Å². The van der Waals surface area contributed by atoms with Crippen LogP contribution in [0.15, 0.2) is 54.6 Å². The number of anilines is 1. The van der Waals surface area contributed by atoms with Crippen molar-refractivity contribution in [2.75, 3.05) is 12.4 Å². The molecule has 4 nitrogen and oxygen atoms in total. The van der Waals surface area contributed by atoms with Crippen LogP contribution in [-0.2, 0) is 0 Å². The summed E-state index contributed by atoms with van der Waals surface area (Å²) in [6.07, 6.45) is 0. The van der Waals surface area contributed by atoms with E-state index in [1.165, 1.54) is 19.2 Å². The Kier molecular flexibility index (Phi) is 5.61. The highest BCUT2D eigenvalue weighted by molar-refractivity contribution is 7.80. The number of nitrogens with one attached hydrogen (secondary N) is 2. The van der Waals surface area contributed by atoms with Gasteiger partial charge in [0.25, 0.3) is 5.91 Å². The minimum atomic E-state index is -0.422. The monoisotopic (exact) mass is 404 g/mol. The number of halogens is 2. The van der Waals surface area contributed by atoms with Crippen molar-refractivity contribution in [2.24, 2.45) is 0 Å². The second-order valence-corrected chi connectivity index (χ2v) is 6.63. The lowest BCUT2D eigenvalue weighted by atomic mass is 10.1. The van der Waals surface area contributed by atoms with Gasteiger partial charge in [-0.25, -0.2) is 0 Å². The number of methoxy groups -OCH3 is 1. The van der Waals surface area contributed by atoms with Crippen LogP contribution < -0.4 is 15.4 Å². The van der Waals surface area contributed by atoms with Gasteiger partial charge in [-0.2, -0.15) is 0 Å². The smallest absolute Gasteiger partial charge is 0.257 e. The van der Waals surface area contributed by atoms with Gasteiger partial charge in [0.1, 0.15) is 0 Å². The molecule has 3 aromatic rings. The van der Waals surface area contributed by atoms with Gasteiger partial charge in [0.15, 0.2) is 10.9 Å². The average molecular weight is 405 g/mol. The summed E-state index contributed by atoms with van der Waals surface area (Å²) in [4.78, 5) is 12.4. The van der Waals surface area contributed by atoms with Crippen LogP contribution in [-0.4, -0.2) is 18.1 Å². The predicted octanol–water partition coefficient (Wildman–Crippen LogP) is 5.28. The molecule has 0 fully saturated rings. The van der Waals surface area contributed by atoms with E-state index in [-0.39, 0.29) is 20.7 Å². The fourth-order valence-electron chi connectivity index (χ4n) is 2.55. The lowest BCUT2D eigenvalue weighted by Crippen LogP contribution is -2.34. The van der Waals surface area contributed by atoms with Crippen LogP contribution in [0.25, 0.3) is 10.8 Å². The van der Waals surface area contributed by atoms with Crippen molar-refractivity contribution < 1.29 is 9.53 Å². The first-order valence-electron chi connectivity index (χ1n) is 7.62. The van der Waals surface area contributed by atoms with E-state index in [0.717, 1.165) is 16.5 Å². The Balaban J connectivity index is 1.77.